The van der Waals surface area contributed by atoms with E-state index in [1.54, 1.807) is 26.0 Å². The minimum Gasteiger partial charge on any atom is -0.447 e. The molecular weight excluding hydrogens is 284 g/mol. The highest BCUT2D eigenvalue weighted by Gasteiger charge is 2.83. The van der Waals surface area contributed by atoms with Gasteiger partial charge in [-0.2, -0.15) is 0 Å². The highest BCUT2D eigenvalue weighted by molar-refractivity contribution is 6.23. The first-order valence-corrected chi connectivity index (χ1v) is 7.17. The average molecular weight is 300 g/mol. The van der Waals surface area contributed by atoms with Crippen LogP contribution in [0.25, 0.3) is 0 Å². The smallest absolute Gasteiger partial charge is 0.273 e. The van der Waals surface area contributed by atoms with Gasteiger partial charge in [0, 0.05) is 26.3 Å². The molecule has 0 N–H and O–H groups in total. The second-order valence-corrected chi connectivity index (χ2v) is 6.21. The van der Waals surface area contributed by atoms with Crippen molar-refractivity contribution in [2.75, 3.05) is 4.90 Å². The Bertz CT molecular complexity index is 773. The van der Waals surface area contributed by atoms with Gasteiger partial charge in [0.05, 0.1) is 5.69 Å². The molecule has 0 radical (unpaired) electrons. The highest BCUT2D eigenvalue weighted by Crippen LogP contribution is 2.65. The Balaban J connectivity index is 1.98. The number of imide groups is 1. The molecule has 0 saturated carbocycles. The molecule has 4 rings (SSSR count). The third kappa shape index (κ3) is 1.12. The normalized spacial score (nSPS) is 38.3. The van der Waals surface area contributed by atoms with Crippen LogP contribution in [0.3, 0.4) is 0 Å². The number of carbonyl (C=O) groups excluding carboxylic acids is 2. The van der Waals surface area contributed by atoms with E-state index in [0.717, 1.165) is 0 Å². The third-order valence-corrected chi connectivity index (χ3v) is 4.98. The predicted octanol–water partition coefficient (Wildman–Crippen LogP) is 1.73. The van der Waals surface area contributed by atoms with Gasteiger partial charge in [-0.05, 0) is 13.0 Å². The number of amides is 2. The molecule has 0 bridgehead atoms. The number of aliphatic imine (C=N–C) groups is 1. The van der Waals surface area contributed by atoms with E-state index in [-0.39, 0.29) is 5.91 Å². The van der Waals surface area contributed by atoms with Crippen LogP contribution >= 0.6 is 0 Å². The molecule has 1 aromatic rings. The first-order valence-electron chi connectivity index (χ1n) is 7.17. The number of carbonyl (C=O) groups is 2. The Kier molecular flexibility index (Phi) is 2.19. The summed E-state index contributed by atoms with van der Waals surface area (Å²) in [5.41, 5.74) is -0.983. The predicted molar refractivity (Wildman–Crippen MR) is 78.4 cm³/mol. The van der Waals surface area contributed by atoms with Gasteiger partial charge in [-0.15, -0.1) is 0 Å². The van der Waals surface area contributed by atoms with Crippen LogP contribution in [0.2, 0.25) is 0 Å². The van der Waals surface area contributed by atoms with Gasteiger partial charge in [0.25, 0.3) is 5.91 Å². The number of rotatable bonds is 0. The summed E-state index contributed by atoms with van der Waals surface area (Å²) < 4.78 is 11.7. The Hall–Kier alpha value is -2.21. The molecule has 22 heavy (non-hydrogen) atoms. The lowest BCUT2D eigenvalue weighted by Gasteiger charge is -2.58. The van der Waals surface area contributed by atoms with Crippen LogP contribution in [0.15, 0.2) is 29.3 Å². The Morgan fingerprint density at radius 3 is 2.59 bits per heavy atom. The maximum Gasteiger partial charge on any atom is 0.273 e. The van der Waals surface area contributed by atoms with E-state index in [9.17, 15) is 9.59 Å². The standard InChI is InChI=1S/C16H16N2O4/c1-9-17-14(3)15(4,21-9)22-16(14)11-7-5-6-8-12(11)18(10(2)19)13(16)20/h5-8H,1-4H3/t14-,15-,16+/m0/s1. The van der Waals surface area contributed by atoms with Gasteiger partial charge in [-0.25, -0.2) is 9.89 Å². The molecule has 1 saturated heterocycles. The van der Waals surface area contributed by atoms with E-state index in [4.69, 9.17) is 9.47 Å². The number of hydrogen-bond donors (Lipinski definition) is 0. The number of para-hydroxylation sites is 1. The number of nitrogens with zero attached hydrogens (tertiary/aromatic N) is 2. The van der Waals surface area contributed by atoms with Crippen molar-refractivity contribution < 1.29 is 19.1 Å². The zero-order valence-corrected chi connectivity index (χ0v) is 12.8. The summed E-state index contributed by atoms with van der Waals surface area (Å²) in [4.78, 5) is 30.7. The maximum atomic E-state index is 13.1. The van der Waals surface area contributed by atoms with E-state index in [1.807, 2.05) is 19.1 Å². The van der Waals surface area contributed by atoms with Gasteiger partial charge < -0.3 is 9.47 Å². The SMILES string of the molecule is CC(=O)N1C(=O)[C@]2(O[C@]3(C)OC(C)=N[C@@]32C)c2ccccc21. The molecule has 6 nitrogen and oxygen atoms in total. The molecule has 6 heteroatoms. The van der Waals surface area contributed by atoms with E-state index >= 15 is 0 Å². The fourth-order valence-corrected chi connectivity index (χ4v) is 3.91. The average Bonchev–Trinajstić information content (AvgIpc) is 2.79. The quantitative estimate of drug-likeness (QED) is 0.731. The van der Waals surface area contributed by atoms with Gasteiger partial charge >= 0.3 is 0 Å². The minimum atomic E-state index is -1.30. The summed E-state index contributed by atoms with van der Waals surface area (Å²) in [5, 5.41) is 0. The topological polar surface area (TPSA) is 68.2 Å². The molecule has 2 amide bonds. The fraction of sp³-hybridized carbons (Fsp3) is 0.438. The van der Waals surface area contributed by atoms with Crippen molar-refractivity contribution in [2.24, 2.45) is 4.99 Å². The number of fused-ring (bicyclic) bond motifs is 4. The van der Waals surface area contributed by atoms with Gasteiger partial charge in [0.15, 0.2) is 11.4 Å². The lowest BCUT2D eigenvalue weighted by atomic mass is 9.66. The van der Waals surface area contributed by atoms with Crippen molar-refractivity contribution in [2.45, 2.75) is 44.6 Å². The Morgan fingerprint density at radius 1 is 1.27 bits per heavy atom. The zero-order chi connectivity index (χ0) is 15.9. The van der Waals surface area contributed by atoms with Crippen molar-refractivity contribution in [3.63, 3.8) is 0 Å². The molecule has 1 spiro atoms. The summed E-state index contributed by atoms with van der Waals surface area (Å²) in [5.74, 6) is -1.25. The van der Waals surface area contributed by atoms with Crippen molar-refractivity contribution in [1.29, 1.82) is 0 Å². The van der Waals surface area contributed by atoms with Gasteiger partial charge in [0.1, 0.15) is 0 Å². The molecule has 0 aromatic heterocycles. The number of anilines is 1. The van der Waals surface area contributed by atoms with E-state index in [1.165, 1.54) is 11.8 Å². The first kappa shape index (κ1) is 13.5. The van der Waals surface area contributed by atoms with Crippen LogP contribution in [-0.2, 0) is 24.7 Å². The molecule has 3 aliphatic heterocycles. The molecule has 0 unspecified atom stereocenters. The van der Waals surface area contributed by atoms with Crippen molar-refractivity contribution in [3.05, 3.63) is 29.8 Å². The third-order valence-electron chi connectivity index (χ3n) is 4.98. The van der Waals surface area contributed by atoms with Gasteiger partial charge in [-0.1, -0.05) is 18.2 Å². The van der Waals surface area contributed by atoms with Gasteiger partial charge in [0.2, 0.25) is 17.3 Å². The fourth-order valence-electron chi connectivity index (χ4n) is 3.91. The molecule has 0 aliphatic carbocycles. The summed E-state index contributed by atoms with van der Waals surface area (Å²) in [7, 11) is 0. The van der Waals surface area contributed by atoms with Crippen LogP contribution in [0, 0.1) is 0 Å². The van der Waals surface area contributed by atoms with Crippen LogP contribution in [0.4, 0.5) is 5.69 Å². The molecular formula is C16H16N2O4. The number of hydrogen-bond acceptors (Lipinski definition) is 5. The molecule has 114 valence electrons. The molecule has 3 heterocycles. The summed E-state index contributed by atoms with van der Waals surface area (Å²) in [6.45, 7) is 6.71. The van der Waals surface area contributed by atoms with Crippen LogP contribution in [0.5, 0.6) is 0 Å². The Labute approximate surface area is 127 Å². The monoisotopic (exact) mass is 300 g/mol. The number of ether oxygens (including phenoxy) is 2. The molecule has 1 fully saturated rings. The largest absolute Gasteiger partial charge is 0.447 e. The van der Waals surface area contributed by atoms with E-state index in [2.05, 4.69) is 4.99 Å². The number of benzene rings is 1. The van der Waals surface area contributed by atoms with Crippen molar-refractivity contribution >= 4 is 23.4 Å². The molecule has 3 atom stereocenters. The minimum absolute atomic E-state index is 0.338. The second-order valence-electron chi connectivity index (χ2n) is 6.21. The first-order chi connectivity index (χ1) is 10.3. The summed E-state index contributed by atoms with van der Waals surface area (Å²) in [6.07, 6.45) is 0. The summed E-state index contributed by atoms with van der Waals surface area (Å²) in [6, 6.07) is 7.18. The molecule has 3 aliphatic rings. The van der Waals surface area contributed by atoms with E-state index < -0.39 is 22.8 Å². The summed E-state index contributed by atoms with van der Waals surface area (Å²) >= 11 is 0. The van der Waals surface area contributed by atoms with Crippen molar-refractivity contribution in [1.82, 2.24) is 0 Å². The second kappa shape index (κ2) is 3.57. The van der Waals surface area contributed by atoms with Crippen LogP contribution in [-0.4, -0.2) is 29.0 Å². The van der Waals surface area contributed by atoms with Crippen molar-refractivity contribution in [3.8, 4) is 0 Å². The zero-order valence-electron chi connectivity index (χ0n) is 12.8. The maximum absolute atomic E-state index is 13.1. The lowest BCUT2D eigenvalue weighted by Crippen LogP contribution is -2.78. The van der Waals surface area contributed by atoms with Crippen LogP contribution < -0.4 is 4.90 Å². The highest BCUT2D eigenvalue weighted by atomic mass is 16.8. The van der Waals surface area contributed by atoms with Gasteiger partial charge in [-0.3, -0.25) is 9.59 Å². The van der Waals surface area contributed by atoms with E-state index in [0.29, 0.717) is 17.1 Å². The Morgan fingerprint density at radius 2 is 1.95 bits per heavy atom. The van der Waals surface area contributed by atoms with Crippen LogP contribution in [0.1, 0.15) is 33.3 Å². The molecule has 1 aromatic carbocycles. The lowest BCUT2D eigenvalue weighted by molar-refractivity contribution is -0.377.